The lowest BCUT2D eigenvalue weighted by atomic mass is 10.2. The quantitative estimate of drug-likeness (QED) is 0.567. The number of nitrogens with zero attached hydrogens (tertiary/aromatic N) is 1. The summed E-state index contributed by atoms with van der Waals surface area (Å²) >= 11 is 6.98. The molecule has 0 heterocycles. The maximum Gasteiger partial charge on any atom is 0.335 e. The summed E-state index contributed by atoms with van der Waals surface area (Å²) in [5, 5.41) is 13.0. The first-order chi connectivity index (χ1) is 9.97. The van der Waals surface area contributed by atoms with Gasteiger partial charge in [0.2, 0.25) is 0 Å². The Bertz CT molecular complexity index is 674. The highest BCUT2D eigenvalue weighted by atomic mass is 79.9. The molecule has 0 saturated heterocycles. The van der Waals surface area contributed by atoms with E-state index >= 15 is 0 Å². The van der Waals surface area contributed by atoms with E-state index in [4.69, 9.17) is 5.11 Å². The van der Waals surface area contributed by atoms with Gasteiger partial charge >= 0.3 is 5.97 Å². The van der Waals surface area contributed by atoms with Gasteiger partial charge in [0.1, 0.15) is 0 Å². The maximum absolute atomic E-state index is 10.7. The molecular formula is C15H12Br2N2O2. The first-order valence-electron chi connectivity index (χ1n) is 6.05. The number of benzene rings is 2. The van der Waals surface area contributed by atoms with Gasteiger partial charge in [0, 0.05) is 8.95 Å². The molecule has 6 heteroatoms. The van der Waals surface area contributed by atoms with E-state index in [-0.39, 0.29) is 5.56 Å². The van der Waals surface area contributed by atoms with Crippen LogP contribution in [0.1, 0.15) is 21.5 Å². The van der Waals surface area contributed by atoms with E-state index in [0.717, 1.165) is 25.8 Å². The third kappa shape index (κ3) is 4.15. The van der Waals surface area contributed by atoms with Crippen LogP contribution >= 0.6 is 31.9 Å². The SMILES string of the molecule is Cc1c(Br)cc(/C=N\Nc2ccc(C(=O)O)cc2)cc1Br. The number of aromatic carboxylic acids is 1. The average molecular weight is 412 g/mol. The molecule has 0 fully saturated rings. The summed E-state index contributed by atoms with van der Waals surface area (Å²) in [7, 11) is 0. The Kier molecular flexibility index (Phi) is 5.14. The minimum atomic E-state index is -0.945. The first kappa shape index (κ1) is 15.7. The number of anilines is 1. The van der Waals surface area contributed by atoms with Gasteiger partial charge in [-0.3, -0.25) is 5.43 Å². The highest BCUT2D eigenvalue weighted by molar-refractivity contribution is 9.11. The first-order valence-corrected chi connectivity index (χ1v) is 7.64. The van der Waals surface area contributed by atoms with Gasteiger partial charge in [-0.1, -0.05) is 31.9 Å². The molecule has 0 bridgehead atoms. The highest BCUT2D eigenvalue weighted by Crippen LogP contribution is 2.25. The highest BCUT2D eigenvalue weighted by Gasteiger charge is 2.02. The van der Waals surface area contributed by atoms with Crippen molar-refractivity contribution >= 4 is 49.7 Å². The lowest BCUT2D eigenvalue weighted by Crippen LogP contribution is -1.96. The monoisotopic (exact) mass is 410 g/mol. The number of carboxylic acid groups (broad SMARTS) is 1. The fourth-order valence-electron chi connectivity index (χ4n) is 1.61. The summed E-state index contributed by atoms with van der Waals surface area (Å²) in [6, 6.07) is 10.3. The second kappa shape index (κ2) is 6.87. The molecule has 21 heavy (non-hydrogen) atoms. The Balaban J connectivity index is 2.07. The average Bonchev–Trinajstić information content (AvgIpc) is 2.45. The minimum Gasteiger partial charge on any atom is -0.478 e. The molecule has 0 unspecified atom stereocenters. The van der Waals surface area contributed by atoms with Gasteiger partial charge in [-0.2, -0.15) is 5.10 Å². The molecule has 108 valence electrons. The normalized spacial score (nSPS) is 10.8. The zero-order valence-electron chi connectivity index (χ0n) is 11.1. The Morgan fingerprint density at radius 1 is 1.19 bits per heavy atom. The fourth-order valence-corrected chi connectivity index (χ4v) is 2.83. The minimum absolute atomic E-state index is 0.246. The maximum atomic E-state index is 10.7. The van der Waals surface area contributed by atoms with E-state index in [0.29, 0.717) is 0 Å². The van der Waals surface area contributed by atoms with Crippen molar-refractivity contribution in [3.8, 4) is 0 Å². The van der Waals surface area contributed by atoms with Crippen molar-refractivity contribution in [3.63, 3.8) is 0 Å². The summed E-state index contributed by atoms with van der Waals surface area (Å²) in [6.07, 6.45) is 1.69. The Morgan fingerprint density at radius 3 is 2.29 bits per heavy atom. The van der Waals surface area contributed by atoms with Crippen molar-refractivity contribution in [2.45, 2.75) is 6.92 Å². The number of carboxylic acids is 1. The number of hydrogen-bond acceptors (Lipinski definition) is 3. The fraction of sp³-hybridized carbons (Fsp3) is 0.0667. The van der Waals surface area contributed by atoms with E-state index in [1.165, 1.54) is 12.1 Å². The molecule has 2 N–H and O–H groups in total. The van der Waals surface area contributed by atoms with Crippen LogP contribution in [0.4, 0.5) is 5.69 Å². The molecule has 2 aromatic rings. The summed E-state index contributed by atoms with van der Waals surface area (Å²) < 4.78 is 2.01. The number of nitrogens with one attached hydrogen (secondary N) is 1. The van der Waals surface area contributed by atoms with Gasteiger partial charge in [-0.05, 0) is 54.4 Å². The Hall–Kier alpha value is -1.66. The van der Waals surface area contributed by atoms with Gasteiger partial charge in [-0.15, -0.1) is 0 Å². The molecule has 2 rings (SSSR count). The Morgan fingerprint density at radius 2 is 1.76 bits per heavy atom. The van der Waals surface area contributed by atoms with Crippen molar-refractivity contribution < 1.29 is 9.90 Å². The molecule has 0 spiro atoms. The van der Waals surface area contributed by atoms with Gasteiger partial charge in [0.25, 0.3) is 0 Å². The van der Waals surface area contributed by atoms with Crippen LogP contribution in [-0.4, -0.2) is 17.3 Å². The third-order valence-corrected chi connectivity index (χ3v) is 4.49. The van der Waals surface area contributed by atoms with E-state index in [2.05, 4.69) is 42.4 Å². The number of hydrogen-bond donors (Lipinski definition) is 2. The number of hydrazone groups is 1. The van der Waals surface area contributed by atoms with Crippen molar-refractivity contribution in [1.82, 2.24) is 0 Å². The Labute approximate surface area is 139 Å². The van der Waals surface area contributed by atoms with E-state index in [1.54, 1.807) is 18.3 Å². The molecule has 0 aliphatic rings. The topological polar surface area (TPSA) is 61.7 Å². The van der Waals surface area contributed by atoms with Crippen molar-refractivity contribution in [2.24, 2.45) is 5.10 Å². The van der Waals surface area contributed by atoms with E-state index in [9.17, 15) is 4.79 Å². The van der Waals surface area contributed by atoms with Crippen molar-refractivity contribution in [2.75, 3.05) is 5.43 Å². The lowest BCUT2D eigenvalue weighted by molar-refractivity contribution is 0.0697. The summed E-state index contributed by atoms with van der Waals surface area (Å²) in [5.41, 5.74) is 5.90. The lowest BCUT2D eigenvalue weighted by Gasteiger charge is -2.04. The summed E-state index contributed by atoms with van der Waals surface area (Å²) in [5.74, 6) is -0.945. The van der Waals surface area contributed by atoms with Gasteiger partial charge in [-0.25, -0.2) is 4.79 Å². The molecule has 0 saturated carbocycles. The number of rotatable bonds is 4. The van der Waals surface area contributed by atoms with E-state index < -0.39 is 5.97 Å². The largest absolute Gasteiger partial charge is 0.478 e. The summed E-state index contributed by atoms with van der Waals surface area (Å²) in [4.78, 5) is 10.7. The third-order valence-electron chi connectivity index (χ3n) is 2.84. The van der Waals surface area contributed by atoms with Crippen molar-refractivity contribution in [3.05, 3.63) is 62.0 Å². The number of halogens is 2. The van der Waals surface area contributed by atoms with Gasteiger partial charge in [0.15, 0.2) is 0 Å². The van der Waals surface area contributed by atoms with Gasteiger partial charge < -0.3 is 5.11 Å². The number of carbonyl (C=O) groups is 1. The second-order valence-corrected chi connectivity index (χ2v) is 6.07. The predicted molar refractivity (Wildman–Crippen MR) is 91.2 cm³/mol. The molecule has 0 aliphatic heterocycles. The standard InChI is InChI=1S/C15H12Br2N2O2/c1-9-13(16)6-10(7-14(9)17)8-18-19-12-4-2-11(3-5-12)15(20)21/h2-8,19H,1H3,(H,20,21)/b18-8-. The molecule has 0 aliphatic carbocycles. The van der Waals surface area contributed by atoms with Crippen LogP contribution < -0.4 is 5.43 Å². The smallest absolute Gasteiger partial charge is 0.335 e. The van der Waals surface area contributed by atoms with Crippen molar-refractivity contribution in [1.29, 1.82) is 0 Å². The van der Waals surface area contributed by atoms with Crippen LogP contribution in [-0.2, 0) is 0 Å². The van der Waals surface area contributed by atoms with Gasteiger partial charge in [0.05, 0.1) is 17.5 Å². The zero-order chi connectivity index (χ0) is 15.4. The molecule has 0 aromatic heterocycles. The molecule has 0 radical (unpaired) electrons. The van der Waals surface area contributed by atoms with Crippen LogP contribution in [0.3, 0.4) is 0 Å². The second-order valence-electron chi connectivity index (χ2n) is 4.36. The molecular weight excluding hydrogens is 400 g/mol. The summed E-state index contributed by atoms with van der Waals surface area (Å²) in [6.45, 7) is 2.01. The molecule has 2 aromatic carbocycles. The molecule has 0 atom stereocenters. The van der Waals surface area contributed by atoms with Crippen LogP contribution in [0, 0.1) is 6.92 Å². The zero-order valence-corrected chi connectivity index (χ0v) is 14.3. The van der Waals surface area contributed by atoms with Crippen LogP contribution in [0.2, 0.25) is 0 Å². The van der Waals surface area contributed by atoms with Crippen LogP contribution in [0.25, 0.3) is 0 Å². The van der Waals surface area contributed by atoms with E-state index in [1.807, 2.05) is 19.1 Å². The van der Waals surface area contributed by atoms with Crippen LogP contribution in [0.5, 0.6) is 0 Å². The van der Waals surface area contributed by atoms with Crippen LogP contribution in [0.15, 0.2) is 50.4 Å². The predicted octanol–water partition coefficient (Wildman–Crippen LogP) is 4.66. The molecule has 0 amide bonds. The molecule has 4 nitrogen and oxygen atoms in total.